The molecule has 0 aromatic heterocycles. The van der Waals surface area contributed by atoms with Crippen LogP contribution in [0.2, 0.25) is 0 Å². The summed E-state index contributed by atoms with van der Waals surface area (Å²) in [6.45, 7) is 0. The Labute approximate surface area is 90.9 Å². The second kappa shape index (κ2) is 5.75. The smallest absolute Gasteiger partial charge is 0.222 e. The lowest BCUT2D eigenvalue weighted by molar-refractivity contribution is -0.132. The third kappa shape index (κ3) is 2.73. The van der Waals surface area contributed by atoms with Crippen LogP contribution < -0.4 is 0 Å². The predicted molar refractivity (Wildman–Crippen MR) is 53.8 cm³/mol. The van der Waals surface area contributed by atoms with Gasteiger partial charge < -0.3 is 0 Å². The Balaban J connectivity index is 2.86. The Hall–Kier alpha value is -2.04. The molecule has 84 valence electrons. The van der Waals surface area contributed by atoms with Gasteiger partial charge in [-0.25, -0.2) is 0 Å². The van der Waals surface area contributed by atoms with Gasteiger partial charge in [-0.3, -0.25) is 9.59 Å². The SMILES string of the molecule is [N-]=[N+]=NC(=O)C1CCCCC1C(=O)N=[N+]=[N-]. The molecule has 1 aliphatic carbocycles. The van der Waals surface area contributed by atoms with E-state index in [4.69, 9.17) is 11.1 Å². The molecule has 2 atom stereocenters. The highest BCUT2D eigenvalue weighted by Gasteiger charge is 2.34. The predicted octanol–water partition coefficient (Wildman–Crippen LogP) is 2.47. The average molecular weight is 222 g/mol. The summed E-state index contributed by atoms with van der Waals surface area (Å²) in [5, 5.41) is 5.99. The molecule has 1 aliphatic rings. The number of amides is 2. The van der Waals surface area contributed by atoms with Crippen molar-refractivity contribution in [2.45, 2.75) is 25.7 Å². The lowest BCUT2D eigenvalue weighted by Gasteiger charge is -2.26. The van der Waals surface area contributed by atoms with E-state index in [-0.39, 0.29) is 0 Å². The number of nitrogens with zero attached hydrogens (tertiary/aromatic N) is 6. The van der Waals surface area contributed by atoms with Crippen LogP contribution in [0.1, 0.15) is 25.7 Å². The van der Waals surface area contributed by atoms with Crippen molar-refractivity contribution in [3.05, 3.63) is 20.9 Å². The molecular formula is C8H10N6O2. The fourth-order valence-electron chi connectivity index (χ4n) is 1.96. The van der Waals surface area contributed by atoms with E-state index in [0.717, 1.165) is 12.8 Å². The van der Waals surface area contributed by atoms with Gasteiger partial charge in [0.15, 0.2) is 0 Å². The Bertz CT molecular complexity index is 355. The van der Waals surface area contributed by atoms with Crippen LogP contribution in [0.4, 0.5) is 0 Å². The molecule has 0 saturated heterocycles. The van der Waals surface area contributed by atoms with Crippen LogP contribution in [0, 0.1) is 11.8 Å². The minimum atomic E-state index is -0.645. The highest BCUT2D eigenvalue weighted by atomic mass is 16.2. The summed E-state index contributed by atoms with van der Waals surface area (Å²) in [5.41, 5.74) is 16.3. The van der Waals surface area contributed by atoms with Crippen molar-refractivity contribution in [1.29, 1.82) is 0 Å². The number of rotatable bonds is 2. The minimum absolute atomic E-state index is 0.495. The third-order valence-electron chi connectivity index (χ3n) is 2.69. The molecule has 2 unspecified atom stereocenters. The van der Waals surface area contributed by atoms with Crippen LogP contribution in [-0.2, 0) is 9.59 Å². The van der Waals surface area contributed by atoms with Gasteiger partial charge in [0.25, 0.3) is 0 Å². The van der Waals surface area contributed by atoms with E-state index in [9.17, 15) is 9.59 Å². The van der Waals surface area contributed by atoms with Gasteiger partial charge in [-0.15, -0.1) is 0 Å². The minimum Gasteiger partial charge on any atom is -0.292 e. The summed E-state index contributed by atoms with van der Waals surface area (Å²) in [7, 11) is 0. The first-order valence-electron chi connectivity index (χ1n) is 4.88. The molecule has 0 aromatic rings. The normalized spacial score (nSPS) is 23.8. The lowest BCUT2D eigenvalue weighted by atomic mass is 9.78. The van der Waals surface area contributed by atoms with Gasteiger partial charge in [0.1, 0.15) is 0 Å². The number of carbonyl (C=O) groups is 2. The van der Waals surface area contributed by atoms with Crippen molar-refractivity contribution in [2.24, 2.45) is 22.1 Å². The van der Waals surface area contributed by atoms with E-state index in [0.29, 0.717) is 12.8 Å². The monoisotopic (exact) mass is 222 g/mol. The summed E-state index contributed by atoms with van der Waals surface area (Å²) in [4.78, 5) is 27.6. The summed E-state index contributed by atoms with van der Waals surface area (Å²) in [6, 6.07) is 0. The van der Waals surface area contributed by atoms with Gasteiger partial charge in [0.05, 0.1) is 0 Å². The molecule has 0 radical (unpaired) electrons. The van der Waals surface area contributed by atoms with Gasteiger partial charge in [-0.2, -0.15) is 0 Å². The molecule has 8 heteroatoms. The van der Waals surface area contributed by atoms with Crippen molar-refractivity contribution in [3.8, 4) is 0 Å². The Morgan fingerprint density at radius 3 is 1.62 bits per heavy atom. The molecular weight excluding hydrogens is 212 g/mol. The van der Waals surface area contributed by atoms with Crippen LogP contribution in [0.25, 0.3) is 20.9 Å². The highest BCUT2D eigenvalue weighted by molar-refractivity contribution is 5.88. The summed E-state index contributed by atoms with van der Waals surface area (Å²) in [5.74, 6) is -2.56. The molecule has 0 heterocycles. The van der Waals surface area contributed by atoms with Gasteiger partial charge >= 0.3 is 0 Å². The van der Waals surface area contributed by atoms with Crippen molar-refractivity contribution in [1.82, 2.24) is 0 Å². The molecule has 0 spiro atoms. The average Bonchev–Trinajstić information content (AvgIpc) is 2.30. The van der Waals surface area contributed by atoms with E-state index in [2.05, 4.69) is 20.1 Å². The molecule has 8 nitrogen and oxygen atoms in total. The Morgan fingerprint density at radius 2 is 1.31 bits per heavy atom. The summed E-state index contributed by atoms with van der Waals surface area (Å²) < 4.78 is 0. The number of carbonyl (C=O) groups excluding carboxylic acids is 2. The van der Waals surface area contributed by atoms with Crippen LogP contribution in [0.5, 0.6) is 0 Å². The van der Waals surface area contributed by atoms with E-state index in [1.54, 1.807) is 0 Å². The molecule has 0 bridgehead atoms. The summed E-state index contributed by atoms with van der Waals surface area (Å²) >= 11 is 0. The van der Waals surface area contributed by atoms with E-state index in [1.807, 2.05) is 0 Å². The largest absolute Gasteiger partial charge is 0.292 e. The van der Waals surface area contributed by atoms with Gasteiger partial charge in [-0.1, -0.05) is 12.8 Å². The maximum absolute atomic E-state index is 11.4. The first kappa shape index (κ1) is 12.0. The van der Waals surface area contributed by atoms with Crippen LogP contribution in [0.15, 0.2) is 10.2 Å². The zero-order valence-corrected chi connectivity index (χ0v) is 8.48. The van der Waals surface area contributed by atoms with Gasteiger partial charge in [0, 0.05) is 21.7 Å². The van der Waals surface area contributed by atoms with E-state index >= 15 is 0 Å². The fourth-order valence-corrected chi connectivity index (χ4v) is 1.96. The zero-order valence-electron chi connectivity index (χ0n) is 8.48. The van der Waals surface area contributed by atoms with Crippen molar-refractivity contribution in [3.63, 3.8) is 0 Å². The van der Waals surface area contributed by atoms with Crippen molar-refractivity contribution in [2.75, 3.05) is 0 Å². The molecule has 0 aromatic carbocycles. The second-order valence-electron chi connectivity index (χ2n) is 3.55. The van der Waals surface area contributed by atoms with E-state index < -0.39 is 23.7 Å². The molecule has 0 aliphatic heterocycles. The maximum atomic E-state index is 11.4. The first-order valence-corrected chi connectivity index (χ1v) is 4.88. The Kier molecular flexibility index (Phi) is 4.32. The van der Waals surface area contributed by atoms with Crippen LogP contribution >= 0.6 is 0 Å². The number of azide groups is 2. The number of hydrogen-bond acceptors (Lipinski definition) is 2. The molecule has 0 N–H and O–H groups in total. The molecule has 16 heavy (non-hydrogen) atoms. The topological polar surface area (TPSA) is 132 Å². The lowest BCUT2D eigenvalue weighted by Crippen LogP contribution is -2.30. The van der Waals surface area contributed by atoms with Crippen molar-refractivity contribution < 1.29 is 9.59 Å². The first-order chi connectivity index (χ1) is 7.70. The second-order valence-corrected chi connectivity index (χ2v) is 3.55. The zero-order chi connectivity index (χ0) is 12.0. The quantitative estimate of drug-likeness (QED) is 0.403. The van der Waals surface area contributed by atoms with Gasteiger partial charge in [-0.05, 0) is 34.1 Å². The van der Waals surface area contributed by atoms with Gasteiger partial charge in [0.2, 0.25) is 11.8 Å². The third-order valence-corrected chi connectivity index (χ3v) is 2.69. The number of hydrogen-bond donors (Lipinski definition) is 0. The van der Waals surface area contributed by atoms with E-state index in [1.165, 1.54) is 0 Å². The fraction of sp³-hybridized carbons (Fsp3) is 0.750. The van der Waals surface area contributed by atoms with Crippen molar-refractivity contribution >= 4 is 11.8 Å². The summed E-state index contributed by atoms with van der Waals surface area (Å²) in [6.07, 6.45) is 2.60. The highest BCUT2D eigenvalue weighted by Crippen LogP contribution is 2.32. The molecule has 1 rings (SSSR count). The standard InChI is InChI=1S/C8H10N6O2/c9-13-11-7(15)5-3-1-2-4-6(5)8(16)12-14-10/h5-6H,1-4H2. The molecule has 1 fully saturated rings. The Morgan fingerprint density at radius 1 is 0.938 bits per heavy atom. The molecule has 1 saturated carbocycles. The van der Waals surface area contributed by atoms with Crippen LogP contribution in [-0.4, -0.2) is 11.8 Å². The maximum Gasteiger partial charge on any atom is 0.222 e. The van der Waals surface area contributed by atoms with Crippen LogP contribution in [0.3, 0.4) is 0 Å². The molecule has 2 amide bonds.